The van der Waals surface area contributed by atoms with Crippen molar-refractivity contribution in [2.45, 2.75) is 19.3 Å². The lowest BCUT2D eigenvalue weighted by Crippen LogP contribution is -2.35. The van der Waals surface area contributed by atoms with Crippen LogP contribution in [-0.2, 0) is 11.2 Å². The minimum absolute atomic E-state index is 0.000154. The van der Waals surface area contributed by atoms with Gasteiger partial charge in [0.05, 0.1) is 6.61 Å². The molecule has 1 saturated heterocycles. The lowest BCUT2D eigenvalue weighted by Gasteiger charge is -2.35. The van der Waals surface area contributed by atoms with E-state index in [9.17, 15) is 4.39 Å². The summed E-state index contributed by atoms with van der Waals surface area (Å²) in [5.41, 5.74) is 1.10. The summed E-state index contributed by atoms with van der Waals surface area (Å²) in [6.07, 6.45) is 2.95. The molecule has 1 heterocycles. The van der Waals surface area contributed by atoms with Gasteiger partial charge in [-0.05, 0) is 37.0 Å². The molecule has 94 valence electrons. The fourth-order valence-electron chi connectivity index (χ4n) is 2.27. The number of hydrogen-bond acceptors (Lipinski definition) is 1. The Balaban J connectivity index is 2.17. The first-order valence-electron chi connectivity index (χ1n) is 5.73. The molecule has 0 saturated carbocycles. The highest BCUT2D eigenvalue weighted by Gasteiger charge is 2.32. The molecule has 1 fully saturated rings. The predicted octanol–water partition coefficient (Wildman–Crippen LogP) is 4.17. The minimum atomic E-state index is -0.222. The Morgan fingerprint density at radius 2 is 2.29 bits per heavy atom. The molecule has 0 aromatic heterocycles. The first-order valence-corrected chi connectivity index (χ1v) is 7.06. The molecule has 0 amide bonds. The molecule has 1 aliphatic heterocycles. The molecule has 1 unspecified atom stereocenters. The highest BCUT2D eigenvalue weighted by atomic mass is 79.9. The Morgan fingerprint density at radius 1 is 1.47 bits per heavy atom. The maximum atomic E-state index is 13.0. The SMILES string of the molecule is Fc1ccc(CC2(CCl)CCCOC2)c(Br)c1. The zero-order valence-electron chi connectivity index (χ0n) is 9.52. The van der Waals surface area contributed by atoms with Crippen molar-refractivity contribution < 1.29 is 9.13 Å². The van der Waals surface area contributed by atoms with Gasteiger partial charge >= 0.3 is 0 Å². The Bertz CT molecular complexity index is 391. The Kier molecular flexibility index (Phi) is 4.45. The van der Waals surface area contributed by atoms with Gasteiger partial charge in [-0.3, -0.25) is 0 Å². The quantitative estimate of drug-likeness (QED) is 0.759. The maximum Gasteiger partial charge on any atom is 0.124 e. The second-order valence-corrected chi connectivity index (χ2v) is 5.82. The van der Waals surface area contributed by atoms with Crippen LogP contribution in [0.15, 0.2) is 22.7 Å². The van der Waals surface area contributed by atoms with Crippen LogP contribution in [0.5, 0.6) is 0 Å². The summed E-state index contributed by atoms with van der Waals surface area (Å²) in [6, 6.07) is 4.81. The number of rotatable bonds is 3. The van der Waals surface area contributed by atoms with Crippen LogP contribution in [-0.4, -0.2) is 19.1 Å². The van der Waals surface area contributed by atoms with Crippen LogP contribution < -0.4 is 0 Å². The summed E-state index contributed by atoms with van der Waals surface area (Å²) in [6.45, 7) is 1.52. The zero-order chi connectivity index (χ0) is 12.3. The van der Waals surface area contributed by atoms with Crippen LogP contribution in [0.3, 0.4) is 0 Å². The van der Waals surface area contributed by atoms with Gasteiger partial charge in [0.15, 0.2) is 0 Å². The van der Waals surface area contributed by atoms with Gasteiger partial charge in [-0.25, -0.2) is 4.39 Å². The second-order valence-electron chi connectivity index (χ2n) is 4.70. The molecule has 0 radical (unpaired) electrons. The van der Waals surface area contributed by atoms with Crippen molar-refractivity contribution in [1.82, 2.24) is 0 Å². The van der Waals surface area contributed by atoms with Crippen molar-refractivity contribution in [2.24, 2.45) is 5.41 Å². The average molecular weight is 322 g/mol. The molecule has 0 aliphatic carbocycles. The molecule has 1 aromatic rings. The van der Waals surface area contributed by atoms with Crippen molar-refractivity contribution in [2.75, 3.05) is 19.1 Å². The van der Waals surface area contributed by atoms with Gasteiger partial charge in [0.1, 0.15) is 5.82 Å². The first kappa shape index (κ1) is 13.3. The fourth-order valence-corrected chi connectivity index (χ4v) is 3.07. The predicted molar refractivity (Wildman–Crippen MR) is 71.0 cm³/mol. The van der Waals surface area contributed by atoms with Gasteiger partial charge in [-0.2, -0.15) is 0 Å². The number of ether oxygens (including phenoxy) is 1. The van der Waals surface area contributed by atoms with E-state index < -0.39 is 0 Å². The van der Waals surface area contributed by atoms with Crippen LogP contribution in [0.2, 0.25) is 0 Å². The van der Waals surface area contributed by atoms with Gasteiger partial charge in [0.25, 0.3) is 0 Å². The van der Waals surface area contributed by atoms with Crippen LogP contribution in [0.4, 0.5) is 4.39 Å². The van der Waals surface area contributed by atoms with E-state index in [4.69, 9.17) is 16.3 Å². The number of hydrogen-bond donors (Lipinski definition) is 0. The zero-order valence-corrected chi connectivity index (χ0v) is 11.9. The van der Waals surface area contributed by atoms with E-state index in [-0.39, 0.29) is 11.2 Å². The highest BCUT2D eigenvalue weighted by molar-refractivity contribution is 9.10. The van der Waals surface area contributed by atoms with E-state index in [2.05, 4.69) is 15.9 Å². The molecular formula is C13H15BrClFO. The minimum Gasteiger partial charge on any atom is -0.381 e. The van der Waals surface area contributed by atoms with Crippen LogP contribution in [0.1, 0.15) is 18.4 Å². The van der Waals surface area contributed by atoms with Gasteiger partial charge in [-0.1, -0.05) is 22.0 Å². The summed E-state index contributed by atoms with van der Waals surface area (Å²) in [5.74, 6) is 0.358. The molecule has 1 nitrogen and oxygen atoms in total. The Hall–Kier alpha value is -0.120. The van der Waals surface area contributed by atoms with E-state index in [1.54, 1.807) is 0 Å². The highest BCUT2D eigenvalue weighted by Crippen LogP contribution is 2.35. The molecule has 1 aromatic carbocycles. The lowest BCUT2D eigenvalue weighted by atomic mass is 9.79. The summed E-state index contributed by atoms with van der Waals surface area (Å²) in [4.78, 5) is 0. The van der Waals surface area contributed by atoms with Crippen molar-refractivity contribution in [3.05, 3.63) is 34.1 Å². The summed E-state index contributed by atoms with van der Waals surface area (Å²) in [7, 11) is 0. The Labute approximate surface area is 114 Å². The van der Waals surface area contributed by atoms with Crippen LogP contribution >= 0.6 is 27.5 Å². The van der Waals surface area contributed by atoms with Crippen molar-refractivity contribution >= 4 is 27.5 Å². The summed E-state index contributed by atoms with van der Waals surface area (Å²) >= 11 is 9.50. The van der Waals surface area contributed by atoms with Crippen LogP contribution in [0, 0.1) is 11.2 Å². The molecule has 0 spiro atoms. The number of halogens is 3. The molecule has 4 heteroatoms. The van der Waals surface area contributed by atoms with E-state index in [1.165, 1.54) is 12.1 Å². The molecule has 2 rings (SSSR count). The standard InChI is InChI=1S/C13H15BrClFO/c14-12-6-11(16)3-2-10(12)7-13(8-15)4-1-5-17-9-13/h2-3,6H,1,4-5,7-9H2. The van der Waals surface area contributed by atoms with Crippen molar-refractivity contribution in [3.8, 4) is 0 Å². The summed E-state index contributed by atoms with van der Waals surface area (Å²) in [5, 5.41) is 0. The molecule has 1 aliphatic rings. The van der Waals surface area contributed by atoms with E-state index in [1.807, 2.05) is 6.07 Å². The van der Waals surface area contributed by atoms with Gasteiger partial charge in [0.2, 0.25) is 0 Å². The smallest absolute Gasteiger partial charge is 0.124 e. The molecular weight excluding hydrogens is 306 g/mol. The second kappa shape index (κ2) is 5.68. The molecule has 0 N–H and O–H groups in total. The topological polar surface area (TPSA) is 9.23 Å². The van der Waals surface area contributed by atoms with Crippen molar-refractivity contribution in [1.29, 1.82) is 0 Å². The molecule has 1 atom stereocenters. The van der Waals surface area contributed by atoms with E-state index in [0.29, 0.717) is 12.5 Å². The third-order valence-corrected chi connectivity index (χ3v) is 4.57. The van der Waals surface area contributed by atoms with Gasteiger partial charge < -0.3 is 4.74 Å². The molecule has 0 bridgehead atoms. The summed E-state index contributed by atoms with van der Waals surface area (Å²) < 4.78 is 19.4. The number of alkyl halides is 1. The van der Waals surface area contributed by atoms with Crippen molar-refractivity contribution in [3.63, 3.8) is 0 Å². The normalized spacial score (nSPS) is 24.9. The van der Waals surface area contributed by atoms with Crippen LogP contribution in [0.25, 0.3) is 0 Å². The fraction of sp³-hybridized carbons (Fsp3) is 0.538. The average Bonchev–Trinajstić information content (AvgIpc) is 2.34. The first-order chi connectivity index (χ1) is 8.15. The van der Waals surface area contributed by atoms with Gasteiger partial charge in [0, 0.05) is 22.4 Å². The number of benzene rings is 1. The Morgan fingerprint density at radius 3 is 2.88 bits per heavy atom. The van der Waals surface area contributed by atoms with E-state index in [0.717, 1.165) is 35.9 Å². The molecule has 17 heavy (non-hydrogen) atoms. The lowest BCUT2D eigenvalue weighted by molar-refractivity contribution is 0.00469. The largest absolute Gasteiger partial charge is 0.381 e. The van der Waals surface area contributed by atoms with E-state index >= 15 is 0 Å². The third kappa shape index (κ3) is 3.21. The van der Waals surface area contributed by atoms with Gasteiger partial charge in [-0.15, -0.1) is 11.6 Å². The maximum absolute atomic E-state index is 13.0. The third-order valence-electron chi connectivity index (χ3n) is 3.27. The monoisotopic (exact) mass is 320 g/mol.